The Kier molecular flexibility index (Phi) is 2.65. The summed E-state index contributed by atoms with van der Waals surface area (Å²) in [5, 5.41) is 2.90. The molecule has 1 N–H and O–H groups in total. The molecule has 0 aromatic heterocycles. The Labute approximate surface area is 92.4 Å². The summed E-state index contributed by atoms with van der Waals surface area (Å²) in [6, 6.07) is 3.00. The molecule has 0 saturated carbocycles. The first-order valence-electron chi connectivity index (χ1n) is 4.91. The van der Waals surface area contributed by atoms with Crippen LogP contribution in [0.15, 0.2) is 12.1 Å². The second-order valence-corrected chi connectivity index (χ2v) is 4.08. The predicted molar refractivity (Wildman–Crippen MR) is 56.7 cm³/mol. The third-order valence-corrected chi connectivity index (χ3v) is 3.01. The lowest BCUT2D eigenvalue weighted by molar-refractivity contribution is 0.0923. The summed E-state index contributed by atoms with van der Waals surface area (Å²) in [4.78, 5) is 11.6. The Balaban J connectivity index is 2.51. The molecule has 0 saturated heterocycles. The van der Waals surface area contributed by atoms with Crippen LogP contribution >= 0.6 is 11.6 Å². The van der Waals surface area contributed by atoms with Crippen molar-refractivity contribution in [2.24, 2.45) is 0 Å². The molecule has 1 heterocycles. The molecule has 1 aliphatic rings. The molecule has 1 aliphatic heterocycles. The van der Waals surface area contributed by atoms with Gasteiger partial charge in [-0.3, -0.25) is 4.79 Å². The minimum Gasteiger partial charge on any atom is -0.349 e. The van der Waals surface area contributed by atoms with Crippen LogP contribution in [0.5, 0.6) is 0 Å². The van der Waals surface area contributed by atoms with E-state index in [4.69, 9.17) is 11.6 Å². The highest BCUT2D eigenvalue weighted by Crippen LogP contribution is 2.26. The van der Waals surface area contributed by atoms with E-state index in [-0.39, 0.29) is 17.0 Å². The van der Waals surface area contributed by atoms with Gasteiger partial charge in [0.2, 0.25) is 0 Å². The van der Waals surface area contributed by atoms with Gasteiger partial charge in [-0.1, -0.05) is 18.5 Å². The Morgan fingerprint density at radius 1 is 1.60 bits per heavy atom. The number of benzene rings is 1. The van der Waals surface area contributed by atoms with Gasteiger partial charge < -0.3 is 5.32 Å². The molecule has 4 heteroatoms. The maximum Gasteiger partial charge on any atom is 0.251 e. The molecule has 0 bridgehead atoms. The van der Waals surface area contributed by atoms with E-state index in [1.807, 2.05) is 6.92 Å². The Bertz CT molecular complexity index is 419. The predicted octanol–water partition coefficient (Wildman–Crippen LogP) is 2.54. The second-order valence-electron chi connectivity index (χ2n) is 3.67. The fourth-order valence-electron chi connectivity index (χ4n) is 1.81. The number of hydrogen-bond donors (Lipinski definition) is 1. The van der Waals surface area contributed by atoms with Crippen molar-refractivity contribution in [2.45, 2.75) is 25.8 Å². The average Bonchev–Trinajstić information content (AvgIpc) is 2.23. The maximum absolute atomic E-state index is 13.7. The fourth-order valence-corrected chi connectivity index (χ4v) is 1.99. The summed E-state index contributed by atoms with van der Waals surface area (Å²) in [6.45, 7) is 1.96. The molecule has 1 atom stereocenters. The van der Waals surface area contributed by atoms with Crippen LogP contribution in [0.25, 0.3) is 0 Å². The summed E-state index contributed by atoms with van der Waals surface area (Å²) in [5.74, 6) is -0.666. The lowest BCUT2D eigenvalue weighted by Crippen LogP contribution is -2.41. The molecule has 15 heavy (non-hydrogen) atoms. The Morgan fingerprint density at radius 2 is 2.33 bits per heavy atom. The highest BCUT2D eigenvalue weighted by molar-refractivity contribution is 6.31. The zero-order valence-electron chi connectivity index (χ0n) is 8.31. The highest BCUT2D eigenvalue weighted by atomic mass is 35.5. The van der Waals surface area contributed by atoms with Crippen molar-refractivity contribution in [1.29, 1.82) is 0 Å². The van der Waals surface area contributed by atoms with Gasteiger partial charge in [0.15, 0.2) is 0 Å². The standard InChI is InChI=1S/C11H11ClFNO/c1-2-6-5-8-7(11(15)14-6)3-4-9(12)10(8)13/h3-4,6H,2,5H2,1H3,(H,14,15). The first kappa shape index (κ1) is 10.4. The zero-order valence-corrected chi connectivity index (χ0v) is 9.07. The lowest BCUT2D eigenvalue weighted by Gasteiger charge is -2.25. The topological polar surface area (TPSA) is 29.1 Å². The molecule has 80 valence electrons. The van der Waals surface area contributed by atoms with E-state index < -0.39 is 5.82 Å². The largest absolute Gasteiger partial charge is 0.349 e. The summed E-state index contributed by atoms with van der Waals surface area (Å²) >= 11 is 5.68. The summed E-state index contributed by atoms with van der Waals surface area (Å²) in [5.41, 5.74) is 0.847. The van der Waals surface area contributed by atoms with Crippen molar-refractivity contribution in [1.82, 2.24) is 5.32 Å². The van der Waals surface area contributed by atoms with Crippen molar-refractivity contribution < 1.29 is 9.18 Å². The third kappa shape index (κ3) is 1.72. The number of hydrogen-bond acceptors (Lipinski definition) is 1. The van der Waals surface area contributed by atoms with Gasteiger partial charge in [-0.25, -0.2) is 4.39 Å². The molecule has 0 aliphatic carbocycles. The van der Waals surface area contributed by atoms with Crippen LogP contribution in [0.3, 0.4) is 0 Å². The van der Waals surface area contributed by atoms with Crippen LogP contribution in [-0.4, -0.2) is 11.9 Å². The van der Waals surface area contributed by atoms with Gasteiger partial charge in [-0.05, 0) is 25.0 Å². The van der Waals surface area contributed by atoms with Gasteiger partial charge in [0.25, 0.3) is 5.91 Å². The van der Waals surface area contributed by atoms with E-state index in [9.17, 15) is 9.18 Å². The molecular formula is C11H11ClFNO. The van der Waals surface area contributed by atoms with E-state index in [0.717, 1.165) is 6.42 Å². The van der Waals surface area contributed by atoms with E-state index in [2.05, 4.69) is 5.32 Å². The van der Waals surface area contributed by atoms with E-state index in [1.165, 1.54) is 6.07 Å². The van der Waals surface area contributed by atoms with Crippen LogP contribution in [0.4, 0.5) is 4.39 Å². The van der Waals surface area contributed by atoms with Crippen molar-refractivity contribution in [3.63, 3.8) is 0 Å². The van der Waals surface area contributed by atoms with Crippen molar-refractivity contribution >= 4 is 17.5 Å². The summed E-state index contributed by atoms with van der Waals surface area (Å²) in [7, 11) is 0. The van der Waals surface area contributed by atoms with Crippen LogP contribution in [0.2, 0.25) is 5.02 Å². The first-order chi connectivity index (χ1) is 7.13. The Hall–Kier alpha value is -1.09. The molecule has 0 radical (unpaired) electrons. The van der Waals surface area contributed by atoms with E-state index in [1.54, 1.807) is 6.07 Å². The van der Waals surface area contributed by atoms with Crippen molar-refractivity contribution in [3.05, 3.63) is 34.1 Å². The van der Waals surface area contributed by atoms with Gasteiger partial charge >= 0.3 is 0 Å². The van der Waals surface area contributed by atoms with Gasteiger partial charge in [0, 0.05) is 17.2 Å². The van der Waals surface area contributed by atoms with Gasteiger partial charge in [0.1, 0.15) is 5.82 Å². The summed E-state index contributed by atoms with van der Waals surface area (Å²) in [6.07, 6.45) is 1.31. The van der Waals surface area contributed by atoms with Crippen LogP contribution in [0, 0.1) is 5.82 Å². The quantitative estimate of drug-likeness (QED) is 0.785. The SMILES string of the molecule is CCC1Cc2c(ccc(Cl)c2F)C(=O)N1. The normalized spacial score (nSPS) is 19.7. The molecule has 1 amide bonds. The van der Waals surface area contributed by atoms with Crippen LogP contribution < -0.4 is 5.32 Å². The molecular weight excluding hydrogens is 217 g/mol. The van der Waals surface area contributed by atoms with Crippen molar-refractivity contribution in [3.8, 4) is 0 Å². The molecule has 1 aromatic carbocycles. The number of rotatable bonds is 1. The number of carbonyl (C=O) groups is 1. The smallest absolute Gasteiger partial charge is 0.251 e. The first-order valence-corrected chi connectivity index (χ1v) is 5.29. The number of carbonyl (C=O) groups excluding carboxylic acids is 1. The van der Waals surface area contributed by atoms with E-state index >= 15 is 0 Å². The van der Waals surface area contributed by atoms with Gasteiger partial charge in [-0.2, -0.15) is 0 Å². The fraction of sp³-hybridized carbons (Fsp3) is 0.364. The molecule has 2 rings (SSSR count). The number of halogens is 2. The minimum atomic E-state index is -0.456. The Morgan fingerprint density at radius 3 is 3.00 bits per heavy atom. The highest BCUT2D eigenvalue weighted by Gasteiger charge is 2.26. The van der Waals surface area contributed by atoms with Crippen LogP contribution in [0.1, 0.15) is 29.3 Å². The lowest BCUT2D eigenvalue weighted by atomic mass is 9.93. The number of nitrogens with one attached hydrogen (secondary N) is 1. The van der Waals surface area contributed by atoms with Gasteiger partial charge in [0.05, 0.1) is 5.02 Å². The molecule has 0 spiro atoms. The zero-order chi connectivity index (χ0) is 11.0. The second kappa shape index (κ2) is 3.81. The third-order valence-electron chi connectivity index (χ3n) is 2.72. The molecule has 1 aromatic rings. The molecule has 2 nitrogen and oxygen atoms in total. The van der Waals surface area contributed by atoms with Crippen LogP contribution in [-0.2, 0) is 6.42 Å². The van der Waals surface area contributed by atoms with E-state index in [0.29, 0.717) is 17.5 Å². The van der Waals surface area contributed by atoms with Crippen molar-refractivity contribution in [2.75, 3.05) is 0 Å². The molecule has 0 fully saturated rings. The molecule has 1 unspecified atom stereocenters. The average molecular weight is 228 g/mol. The van der Waals surface area contributed by atoms with Gasteiger partial charge in [-0.15, -0.1) is 0 Å². The summed E-state index contributed by atoms with van der Waals surface area (Å²) < 4.78 is 13.7. The monoisotopic (exact) mass is 227 g/mol. The number of fused-ring (bicyclic) bond motifs is 1. The minimum absolute atomic E-state index is 0.0120. The maximum atomic E-state index is 13.7. The number of amides is 1.